The van der Waals surface area contributed by atoms with Gasteiger partial charge in [0, 0.05) is 6.20 Å². The van der Waals surface area contributed by atoms with Crippen molar-refractivity contribution in [2.45, 2.75) is 6.92 Å². The number of hydrogen-bond acceptors (Lipinski definition) is 4. The van der Waals surface area contributed by atoms with Gasteiger partial charge in [-0.25, -0.2) is 5.43 Å². The lowest BCUT2D eigenvalue weighted by Crippen LogP contribution is -2.24. The topological polar surface area (TPSA) is 63.6 Å². The molecule has 0 aliphatic carbocycles. The third-order valence-corrected chi connectivity index (χ3v) is 2.43. The van der Waals surface area contributed by atoms with Crippen LogP contribution in [0.2, 0.25) is 0 Å². The van der Waals surface area contributed by atoms with E-state index in [1.54, 1.807) is 18.3 Å². The molecule has 0 radical (unpaired) electrons. The van der Waals surface area contributed by atoms with E-state index in [1.165, 1.54) is 6.21 Å². The number of aromatic nitrogens is 1. The van der Waals surface area contributed by atoms with E-state index in [4.69, 9.17) is 4.74 Å². The van der Waals surface area contributed by atoms with Crippen molar-refractivity contribution < 1.29 is 9.53 Å². The molecule has 2 aromatic rings. The predicted molar refractivity (Wildman–Crippen MR) is 76.6 cm³/mol. The number of carbonyl (C=O) groups is 1. The molecular formula is C15H15N3O2. The summed E-state index contributed by atoms with van der Waals surface area (Å²) in [4.78, 5) is 15.6. The Labute approximate surface area is 117 Å². The zero-order valence-electron chi connectivity index (χ0n) is 11.1. The first-order chi connectivity index (χ1) is 9.74. The molecule has 1 aromatic heterocycles. The van der Waals surface area contributed by atoms with E-state index < -0.39 is 0 Å². The molecule has 0 atom stereocenters. The van der Waals surface area contributed by atoms with E-state index in [2.05, 4.69) is 15.5 Å². The number of nitrogens with one attached hydrogen (secondary N) is 1. The van der Waals surface area contributed by atoms with Crippen LogP contribution in [0.5, 0.6) is 5.75 Å². The van der Waals surface area contributed by atoms with Gasteiger partial charge in [-0.2, -0.15) is 5.10 Å². The van der Waals surface area contributed by atoms with Crippen LogP contribution in [0.1, 0.15) is 11.3 Å². The highest BCUT2D eigenvalue weighted by Crippen LogP contribution is 2.11. The SMILES string of the molecule is Cc1cccc(OCC(=O)N/N=C/c2ccccn2)c1. The second-order valence-corrected chi connectivity index (χ2v) is 4.15. The summed E-state index contributed by atoms with van der Waals surface area (Å²) in [5.41, 5.74) is 4.13. The molecule has 0 bridgehead atoms. The molecule has 0 fully saturated rings. The van der Waals surface area contributed by atoms with Crippen molar-refractivity contribution in [1.29, 1.82) is 0 Å². The first-order valence-electron chi connectivity index (χ1n) is 6.16. The minimum Gasteiger partial charge on any atom is -0.484 e. The number of carbonyl (C=O) groups excluding carboxylic acids is 1. The Kier molecular flexibility index (Phi) is 4.83. The molecule has 1 aromatic carbocycles. The summed E-state index contributed by atoms with van der Waals surface area (Å²) in [6, 6.07) is 13.0. The normalized spacial score (nSPS) is 10.4. The molecule has 1 amide bonds. The third-order valence-electron chi connectivity index (χ3n) is 2.43. The number of rotatable bonds is 5. The lowest BCUT2D eigenvalue weighted by atomic mass is 10.2. The molecule has 20 heavy (non-hydrogen) atoms. The number of ether oxygens (including phenoxy) is 1. The van der Waals surface area contributed by atoms with Crippen LogP contribution in [0.15, 0.2) is 53.8 Å². The van der Waals surface area contributed by atoms with Gasteiger partial charge in [0.05, 0.1) is 11.9 Å². The molecule has 0 spiro atoms. The van der Waals surface area contributed by atoms with E-state index in [-0.39, 0.29) is 12.5 Å². The molecule has 0 saturated carbocycles. The monoisotopic (exact) mass is 269 g/mol. The average Bonchev–Trinajstić information content (AvgIpc) is 2.46. The largest absolute Gasteiger partial charge is 0.484 e. The van der Waals surface area contributed by atoms with Crippen LogP contribution in [0.4, 0.5) is 0 Å². The number of hydrogen-bond donors (Lipinski definition) is 1. The van der Waals surface area contributed by atoms with Gasteiger partial charge in [0.25, 0.3) is 5.91 Å². The van der Waals surface area contributed by atoms with Gasteiger partial charge in [-0.3, -0.25) is 9.78 Å². The maximum absolute atomic E-state index is 11.5. The van der Waals surface area contributed by atoms with Crippen molar-refractivity contribution in [1.82, 2.24) is 10.4 Å². The van der Waals surface area contributed by atoms with Gasteiger partial charge in [-0.05, 0) is 36.8 Å². The molecule has 1 heterocycles. The molecule has 102 valence electrons. The second-order valence-electron chi connectivity index (χ2n) is 4.15. The van der Waals surface area contributed by atoms with Crippen LogP contribution in [0.25, 0.3) is 0 Å². The van der Waals surface area contributed by atoms with Crippen LogP contribution < -0.4 is 10.2 Å². The molecule has 0 unspecified atom stereocenters. The van der Waals surface area contributed by atoms with Crippen LogP contribution >= 0.6 is 0 Å². The fraction of sp³-hybridized carbons (Fsp3) is 0.133. The van der Waals surface area contributed by atoms with Crippen molar-refractivity contribution in [3.05, 3.63) is 59.9 Å². The fourth-order valence-electron chi connectivity index (χ4n) is 1.51. The quantitative estimate of drug-likeness (QED) is 0.666. The summed E-state index contributed by atoms with van der Waals surface area (Å²) >= 11 is 0. The zero-order valence-corrected chi connectivity index (χ0v) is 11.1. The predicted octanol–water partition coefficient (Wildman–Crippen LogP) is 1.92. The number of nitrogens with zero attached hydrogens (tertiary/aromatic N) is 2. The number of hydrazone groups is 1. The van der Waals surface area contributed by atoms with E-state index in [1.807, 2.05) is 37.3 Å². The van der Waals surface area contributed by atoms with Crippen molar-refractivity contribution in [2.24, 2.45) is 5.10 Å². The average molecular weight is 269 g/mol. The lowest BCUT2D eigenvalue weighted by Gasteiger charge is -2.05. The number of pyridine rings is 1. The molecule has 2 rings (SSSR count). The van der Waals surface area contributed by atoms with Crippen molar-refractivity contribution >= 4 is 12.1 Å². The summed E-state index contributed by atoms with van der Waals surface area (Å²) in [7, 11) is 0. The van der Waals surface area contributed by atoms with Gasteiger partial charge >= 0.3 is 0 Å². The third kappa shape index (κ3) is 4.53. The van der Waals surface area contributed by atoms with E-state index in [0.717, 1.165) is 5.56 Å². The summed E-state index contributed by atoms with van der Waals surface area (Å²) in [6.45, 7) is 1.88. The standard InChI is InChI=1S/C15H15N3O2/c1-12-5-4-7-14(9-12)20-11-15(19)18-17-10-13-6-2-3-8-16-13/h2-10H,11H2,1H3,(H,18,19)/b17-10+. The molecule has 5 nitrogen and oxygen atoms in total. The Balaban J connectivity index is 1.77. The molecular weight excluding hydrogens is 254 g/mol. The Morgan fingerprint density at radius 3 is 3.00 bits per heavy atom. The highest BCUT2D eigenvalue weighted by molar-refractivity contribution is 5.81. The number of benzene rings is 1. The molecule has 1 N–H and O–H groups in total. The van der Waals surface area contributed by atoms with Crippen LogP contribution in [-0.4, -0.2) is 23.7 Å². The lowest BCUT2D eigenvalue weighted by molar-refractivity contribution is -0.123. The summed E-state index contributed by atoms with van der Waals surface area (Å²) in [5.74, 6) is 0.340. The Bertz CT molecular complexity index is 597. The first kappa shape index (κ1) is 13.7. The summed E-state index contributed by atoms with van der Waals surface area (Å²) in [5, 5.41) is 3.80. The molecule has 0 aliphatic heterocycles. The Morgan fingerprint density at radius 2 is 2.25 bits per heavy atom. The highest BCUT2D eigenvalue weighted by Gasteiger charge is 2.01. The fourth-order valence-corrected chi connectivity index (χ4v) is 1.51. The van der Waals surface area contributed by atoms with Crippen LogP contribution in [0.3, 0.4) is 0 Å². The highest BCUT2D eigenvalue weighted by atomic mass is 16.5. The zero-order chi connectivity index (χ0) is 14.2. The number of amides is 1. The minimum atomic E-state index is -0.321. The van der Waals surface area contributed by atoms with E-state index in [0.29, 0.717) is 11.4 Å². The van der Waals surface area contributed by atoms with Crippen LogP contribution in [-0.2, 0) is 4.79 Å². The Morgan fingerprint density at radius 1 is 1.35 bits per heavy atom. The van der Waals surface area contributed by atoms with Crippen LogP contribution in [0, 0.1) is 6.92 Å². The maximum Gasteiger partial charge on any atom is 0.277 e. The van der Waals surface area contributed by atoms with Gasteiger partial charge in [-0.1, -0.05) is 18.2 Å². The summed E-state index contributed by atoms with van der Waals surface area (Å²) < 4.78 is 5.35. The molecule has 5 heteroatoms. The first-order valence-corrected chi connectivity index (χ1v) is 6.16. The number of aryl methyl sites for hydroxylation is 1. The van der Waals surface area contributed by atoms with Gasteiger partial charge < -0.3 is 4.74 Å². The van der Waals surface area contributed by atoms with E-state index >= 15 is 0 Å². The smallest absolute Gasteiger partial charge is 0.277 e. The molecule has 0 saturated heterocycles. The Hall–Kier alpha value is -2.69. The van der Waals surface area contributed by atoms with Crippen molar-refractivity contribution in [2.75, 3.05) is 6.61 Å². The maximum atomic E-state index is 11.5. The van der Waals surface area contributed by atoms with Crippen molar-refractivity contribution in [3.63, 3.8) is 0 Å². The van der Waals surface area contributed by atoms with Gasteiger partial charge in [-0.15, -0.1) is 0 Å². The molecule has 0 aliphatic rings. The second kappa shape index (κ2) is 7.04. The van der Waals surface area contributed by atoms with Gasteiger partial charge in [0.2, 0.25) is 0 Å². The van der Waals surface area contributed by atoms with E-state index in [9.17, 15) is 4.79 Å². The van der Waals surface area contributed by atoms with Gasteiger partial charge in [0.1, 0.15) is 5.75 Å². The van der Waals surface area contributed by atoms with Crippen molar-refractivity contribution in [3.8, 4) is 5.75 Å². The summed E-state index contributed by atoms with van der Waals surface area (Å²) in [6.07, 6.45) is 3.13. The minimum absolute atomic E-state index is 0.0803. The van der Waals surface area contributed by atoms with Gasteiger partial charge in [0.15, 0.2) is 6.61 Å².